The van der Waals surface area contributed by atoms with Gasteiger partial charge in [0, 0.05) is 5.92 Å². The molecule has 0 aromatic heterocycles. The highest BCUT2D eigenvalue weighted by molar-refractivity contribution is 5.97. The summed E-state index contributed by atoms with van der Waals surface area (Å²) < 4.78 is 14.3. The van der Waals surface area contributed by atoms with Gasteiger partial charge in [0.05, 0.1) is 27.2 Å². The number of rotatable bonds is 9. The average molecular weight is 441 g/mol. The van der Waals surface area contributed by atoms with Crippen LogP contribution in [0, 0.1) is 11.8 Å². The van der Waals surface area contributed by atoms with Crippen LogP contribution in [0.25, 0.3) is 0 Å². The van der Waals surface area contributed by atoms with Gasteiger partial charge >= 0.3 is 17.9 Å². The van der Waals surface area contributed by atoms with Crippen molar-refractivity contribution >= 4 is 23.8 Å². The van der Waals surface area contributed by atoms with Crippen LogP contribution in [0.1, 0.15) is 24.0 Å². The van der Waals surface area contributed by atoms with Gasteiger partial charge in [-0.3, -0.25) is 14.4 Å². The van der Waals surface area contributed by atoms with Gasteiger partial charge < -0.3 is 19.5 Å². The predicted octanol–water partition coefficient (Wildman–Crippen LogP) is 2.07. The fraction of sp³-hybridized carbons (Fsp3) is 0.333. The molecule has 8 heteroatoms. The van der Waals surface area contributed by atoms with Crippen molar-refractivity contribution in [1.82, 2.24) is 5.32 Å². The standard InChI is InChI=1S/C24H27NO7/c1-15(18(22(27)30-2)23(28)31-3)20(24(29)32-4)25-21(26)19(16-11-7-5-8-12-16)17-13-9-6-10-14-17/h5-15,18-20H,1-4H3,(H,25,26)/t15-,20-/m0/s1. The smallest absolute Gasteiger partial charge is 0.328 e. The molecule has 32 heavy (non-hydrogen) atoms. The largest absolute Gasteiger partial charge is 0.468 e. The molecular weight excluding hydrogens is 414 g/mol. The monoisotopic (exact) mass is 441 g/mol. The van der Waals surface area contributed by atoms with E-state index in [0.717, 1.165) is 21.3 Å². The lowest BCUT2D eigenvalue weighted by molar-refractivity contribution is -0.163. The summed E-state index contributed by atoms with van der Waals surface area (Å²) in [6.07, 6.45) is 0. The van der Waals surface area contributed by atoms with Crippen LogP contribution >= 0.6 is 0 Å². The molecule has 2 rings (SSSR count). The highest BCUT2D eigenvalue weighted by atomic mass is 16.5. The lowest BCUT2D eigenvalue weighted by Gasteiger charge is -2.28. The minimum Gasteiger partial charge on any atom is -0.468 e. The Balaban J connectivity index is 2.43. The fourth-order valence-electron chi connectivity index (χ4n) is 3.53. The third kappa shape index (κ3) is 5.72. The molecule has 0 aliphatic carbocycles. The van der Waals surface area contributed by atoms with Gasteiger partial charge in [-0.1, -0.05) is 67.6 Å². The number of hydrogen-bond donors (Lipinski definition) is 1. The summed E-state index contributed by atoms with van der Waals surface area (Å²) >= 11 is 0. The van der Waals surface area contributed by atoms with E-state index in [2.05, 4.69) is 5.32 Å². The summed E-state index contributed by atoms with van der Waals surface area (Å²) in [5.74, 6) is -6.21. The molecule has 2 aromatic rings. The van der Waals surface area contributed by atoms with Crippen LogP contribution in [0.4, 0.5) is 0 Å². The number of methoxy groups -OCH3 is 3. The SMILES string of the molecule is COC(=O)C(C(=O)OC)[C@H](C)[C@H](NC(=O)C(c1ccccc1)c1ccccc1)C(=O)OC. The van der Waals surface area contributed by atoms with Crippen molar-refractivity contribution in [3.8, 4) is 0 Å². The molecule has 0 saturated heterocycles. The van der Waals surface area contributed by atoms with E-state index in [4.69, 9.17) is 14.2 Å². The van der Waals surface area contributed by atoms with Crippen molar-refractivity contribution in [3.05, 3.63) is 71.8 Å². The molecule has 1 amide bonds. The molecule has 0 radical (unpaired) electrons. The van der Waals surface area contributed by atoms with Crippen molar-refractivity contribution in [2.75, 3.05) is 21.3 Å². The molecular formula is C24H27NO7. The van der Waals surface area contributed by atoms with Gasteiger partial charge in [-0.2, -0.15) is 0 Å². The number of esters is 3. The highest BCUT2D eigenvalue weighted by Gasteiger charge is 2.43. The van der Waals surface area contributed by atoms with Gasteiger partial charge in [0.15, 0.2) is 5.92 Å². The first-order chi connectivity index (χ1) is 15.3. The number of amides is 1. The Hall–Kier alpha value is -3.68. The molecule has 0 aliphatic rings. The molecule has 0 fully saturated rings. The zero-order chi connectivity index (χ0) is 23.7. The first kappa shape index (κ1) is 24.6. The second-order valence-electron chi connectivity index (χ2n) is 7.15. The maximum atomic E-state index is 13.4. The van der Waals surface area contributed by atoms with E-state index in [-0.39, 0.29) is 0 Å². The predicted molar refractivity (Wildman–Crippen MR) is 115 cm³/mol. The van der Waals surface area contributed by atoms with E-state index < -0.39 is 47.6 Å². The maximum absolute atomic E-state index is 13.4. The molecule has 2 aromatic carbocycles. The first-order valence-electron chi connectivity index (χ1n) is 9.99. The minimum atomic E-state index is -1.43. The zero-order valence-electron chi connectivity index (χ0n) is 18.4. The quantitative estimate of drug-likeness (QED) is 0.361. The van der Waals surface area contributed by atoms with Crippen LogP contribution in [0.15, 0.2) is 60.7 Å². The summed E-state index contributed by atoms with van der Waals surface area (Å²) in [6, 6.07) is 16.8. The lowest BCUT2D eigenvalue weighted by atomic mass is 9.85. The minimum absolute atomic E-state index is 0.488. The van der Waals surface area contributed by atoms with Gasteiger partial charge in [0.1, 0.15) is 6.04 Å². The molecule has 170 valence electrons. The van der Waals surface area contributed by atoms with Crippen LogP contribution in [0.2, 0.25) is 0 Å². The van der Waals surface area contributed by atoms with Gasteiger partial charge in [0.25, 0.3) is 0 Å². The molecule has 8 nitrogen and oxygen atoms in total. The van der Waals surface area contributed by atoms with E-state index in [9.17, 15) is 19.2 Å². The van der Waals surface area contributed by atoms with Crippen LogP contribution in [0.5, 0.6) is 0 Å². The van der Waals surface area contributed by atoms with Crippen molar-refractivity contribution in [2.24, 2.45) is 11.8 Å². The van der Waals surface area contributed by atoms with E-state index >= 15 is 0 Å². The van der Waals surface area contributed by atoms with Crippen molar-refractivity contribution in [3.63, 3.8) is 0 Å². The molecule has 2 atom stereocenters. The molecule has 1 N–H and O–H groups in total. The van der Waals surface area contributed by atoms with Crippen LogP contribution in [0.3, 0.4) is 0 Å². The summed E-state index contributed by atoms with van der Waals surface area (Å²) in [4.78, 5) is 50.5. The van der Waals surface area contributed by atoms with E-state index in [1.54, 1.807) is 24.3 Å². The summed E-state index contributed by atoms with van der Waals surface area (Å²) in [6.45, 7) is 1.47. The first-order valence-corrected chi connectivity index (χ1v) is 9.99. The lowest BCUT2D eigenvalue weighted by Crippen LogP contribution is -2.52. The van der Waals surface area contributed by atoms with Gasteiger partial charge in [-0.15, -0.1) is 0 Å². The molecule has 0 bridgehead atoms. The third-order valence-corrected chi connectivity index (χ3v) is 5.24. The van der Waals surface area contributed by atoms with Gasteiger partial charge in [-0.25, -0.2) is 4.79 Å². The molecule has 0 spiro atoms. The number of ether oxygens (including phenoxy) is 3. The number of benzene rings is 2. The maximum Gasteiger partial charge on any atom is 0.328 e. The molecule has 0 saturated carbocycles. The van der Waals surface area contributed by atoms with Crippen molar-refractivity contribution < 1.29 is 33.4 Å². The molecule has 0 unspecified atom stereocenters. The fourth-order valence-corrected chi connectivity index (χ4v) is 3.53. The van der Waals surface area contributed by atoms with Crippen LogP contribution in [-0.4, -0.2) is 51.2 Å². The third-order valence-electron chi connectivity index (χ3n) is 5.24. The van der Waals surface area contributed by atoms with E-state index in [1.807, 2.05) is 36.4 Å². The number of nitrogens with one attached hydrogen (secondary N) is 1. The second kappa shape index (κ2) is 11.6. The van der Waals surface area contributed by atoms with Crippen LogP contribution < -0.4 is 5.32 Å². The average Bonchev–Trinajstić information content (AvgIpc) is 2.83. The Labute approximate surface area is 186 Å². The molecule has 0 heterocycles. The van der Waals surface area contributed by atoms with Gasteiger partial charge in [0.2, 0.25) is 5.91 Å². The second-order valence-corrected chi connectivity index (χ2v) is 7.15. The van der Waals surface area contributed by atoms with Crippen molar-refractivity contribution in [1.29, 1.82) is 0 Å². The number of hydrogen-bond acceptors (Lipinski definition) is 7. The Morgan fingerprint density at radius 1 is 0.688 bits per heavy atom. The topological polar surface area (TPSA) is 108 Å². The Morgan fingerprint density at radius 3 is 1.47 bits per heavy atom. The number of carbonyl (C=O) groups excluding carboxylic acids is 4. The van der Waals surface area contributed by atoms with Crippen LogP contribution in [-0.2, 0) is 33.4 Å². The Morgan fingerprint density at radius 2 is 1.09 bits per heavy atom. The van der Waals surface area contributed by atoms with Gasteiger partial charge in [-0.05, 0) is 11.1 Å². The van der Waals surface area contributed by atoms with E-state index in [1.165, 1.54) is 6.92 Å². The summed E-state index contributed by atoms with van der Waals surface area (Å²) in [7, 11) is 3.40. The number of carbonyl (C=O) groups is 4. The Bertz CT molecular complexity index is 874. The Kier molecular flexibility index (Phi) is 8.95. The molecule has 0 aliphatic heterocycles. The zero-order valence-corrected chi connectivity index (χ0v) is 18.4. The van der Waals surface area contributed by atoms with Crippen molar-refractivity contribution in [2.45, 2.75) is 18.9 Å². The highest BCUT2D eigenvalue weighted by Crippen LogP contribution is 2.27. The normalized spacial score (nSPS) is 12.6. The summed E-state index contributed by atoms with van der Waals surface area (Å²) in [5, 5.41) is 2.67. The van der Waals surface area contributed by atoms with E-state index in [0.29, 0.717) is 11.1 Å². The summed E-state index contributed by atoms with van der Waals surface area (Å²) in [5.41, 5.74) is 1.43.